The van der Waals surface area contributed by atoms with Crippen LogP contribution in [0.3, 0.4) is 0 Å². The van der Waals surface area contributed by atoms with E-state index in [0.29, 0.717) is 37.6 Å². The molecule has 1 aliphatic carbocycles. The number of alkyl halides is 3. The van der Waals surface area contributed by atoms with Crippen molar-refractivity contribution in [1.29, 1.82) is 5.26 Å². The summed E-state index contributed by atoms with van der Waals surface area (Å²) in [5.41, 5.74) is 0.669. The zero-order valence-corrected chi connectivity index (χ0v) is 20.6. The standard InChI is InChI=1S/C26H28F3N5O4/c27-26(28,29)19-1-5-21(6-2-19)32-11-13-33(14-12-32)25(35)17-38-23-8-3-20(4-9-23)31-24-10-7-22(34(36)37)15-18(24)16-30/h1-2,5-7,10,15,20,23,31H,3-4,8-9,11-14,17H2/t20-,23-. The highest BCUT2D eigenvalue weighted by Gasteiger charge is 2.31. The predicted molar refractivity (Wildman–Crippen MR) is 134 cm³/mol. The third-order valence-corrected chi connectivity index (χ3v) is 7.00. The van der Waals surface area contributed by atoms with E-state index < -0.39 is 16.7 Å². The van der Waals surface area contributed by atoms with E-state index in [4.69, 9.17) is 4.74 Å². The molecule has 1 saturated carbocycles. The summed E-state index contributed by atoms with van der Waals surface area (Å²) in [7, 11) is 0. The van der Waals surface area contributed by atoms with Crippen LogP contribution >= 0.6 is 0 Å². The fraction of sp³-hybridized carbons (Fsp3) is 0.462. The lowest BCUT2D eigenvalue weighted by Crippen LogP contribution is -2.50. The van der Waals surface area contributed by atoms with Crippen LogP contribution in [0.15, 0.2) is 42.5 Å². The Labute approximate surface area is 217 Å². The number of hydrogen-bond acceptors (Lipinski definition) is 7. The highest BCUT2D eigenvalue weighted by atomic mass is 19.4. The second-order valence-electron chi connectivity index (χ2n) is 9.44. The van der Waals surface area contributed by atoms with Crippen LogP contribution in [0.5, 0.6) is 0 Å². The number of ether oxygens (including phenoxy) is 1. The van der Waals surface area contributed by atoms with Crippen LogP contribution in [-0.4, -0.2) is 60.7 Å². The monoisotopic (exact) mass is 531 g/mol. The lowest BCUT2D eigenvalue weighted by Gasteiger charge is -2.36. The third kappa shape index (κ3) is 6.72. The van der Waals surface area contributed by atoms with E-state index in [1.54, 1.807) is 11.0 Å². The van der Waals surface area contributed by atoms with Gasteiger partial charge in [0.05, 0.1) is 27.8 Å². The minimum atomic E-state index is -4.37. The Bertz CT molecular complexity index is 1180. The molecule has 1 aliphatic heterocycles. The van der Waals surface area contributed by atoms with Gasteiger partial charge in [0.1, 0.15) is 12.7 Å². The molecule has 0 unspecified atom stereocenters. The maximum atomic E-state index is 12.8. The molecule has 2 fully saturated rings. The summed E-state index contributed by atoms with van der Waals surface area (Å²) in [6.45, 7) is 1.97. The second-order valence-corrected chi connectivity index (χ2v) is 9.44. The number of piperazine rings is 1. The summed E-state index contributed by atoms with van der Waals surface area (Å²) in [4.78, 5) is 26.7. The number of carbonyl (C=O) groups is 1. The number of rotatable bonds is 7. The molecule has 0 spiro atoms. The minimum absolute atomic E-state index is 0.0238. The Kier molecular flexibility index (Phi) is 8.36. The number of halogens is 3. The van der Waals surface area contributed by atoms with Gasteiger partial charge < -0.3 is 19.9 Å². The van der Waals surface area contributed by atoms with Crippen LogP contribution in [0.25, 0.3) is 0 Å². The molecule has 1 N–H and O–H groups in total. The molecule has 38 heavy (non-hydrogen) atoms. The topological polar surface area (TPSA) is 112 Å². The van der Waals surface area contributed by atoms with Gasteiger partial charge in [0.25, 0.3) is 5.69 Å². The number of amides is 1. The highest BCUT2D eigenvalue weighted by Crippen LogP contribution is 2.31. The van der Waals surface area contributed by atoms with Gasteiger partial charge in [-0.25, -0.2) is 0 Å². The van der Waals surface area contributed by atoms with E-state index in [1.807, 2.05) is 11.0 Å². The number of nitro benzene ring substituents is 1. The van der Waals surface area contributed by atoms with Crippen molar-refractivity contribution >= 4 is 23.0 Å². The van der Waals surface area contributed by atoms with E-state index in [1.165, 1.54) is 24.3 Å². The van der Waals surface area contributed by atoms with Gasteiger partial charge in [-0.15, -0.1) is 0 Å². The first-order valence-electron chi connectivity index (χ1n) is 12.4. The zero-order chi connectivity index (χ0) is 27.3. The maximum Gasteiger partial charge on any atom is 0.416 e. The van der Waals surface area contributed by atoms with Crippen LogP contribution < -0.4 is 10.2 Å². The first kappa shape index (κ1) is 27.2. The molecule has 2 aliphatic rings. The molecule has 12 heteroatoms. The first-order chi connectivity index (χ1) is 18.1. The SMILES string of the molecule is N#Cc1cc([N+](=O)[O-])ccc1N[C@H]1CC[C@H](OCC(=O)N2CCN(c3ccc(C(F)(F)F)cc3)CC2)CC1. The summed E-state index contributed by atoms with van der Waals surface area (Å²) < 4.78 is 44.2. The van der Waals surface area contributed by atoms with Crippen molar-refractivity contribution in [2.45, 2.75) is 44.0 Å². The molecular weight excluding hydrogens is 503 g/mol. The van der Waals surface area contributed by atoms with E-state index in [0.717, 1.165) is 37.8 Å². The second kappa shape index (κ2) is 11.7. The lowest BCUT2D eigenvalue weighted by atomic mass is 9.92. The third-order valence-electron chi connectivity index (χ3n) is 7.00. The highest BCUT2D eigenvalue weighted by molar-refractivity contribution is 5.77. The van der Waals surface area contributed by atoms with Crippen LogP contribution in [0, 0.1) is 21.4 Å². The molecule has 2 aromatic rings. The van der Waals surface area contributed by atoms with Crippen molar-refractivity contribution in [1.82, 2.24) is 4.90 Å². The summed E-state index contributed by atoms with van der Waals surface area (Å²) in [5, 5.41) is 23.6. The van der Waals surface area contributed by atoms with Crippen molar-refractivity contribution in [2.24, 2.45) is 0 Å². The van der Waals surface area contributed by atoms with Gasteiger partial charge in [-0.1, -0.05) is 0 Å². The van der Waals surface area contributed by atoms with Gasteiger partial charge in [-0.2, -0.15) is 18.4 Å². The van der Waals surface area contributed by atoms with E-state index in [-0.39, 0.29) is 35.9 Å². The number of benzene rings is 2. The zero-order valence-electron chi connectivity index (χ0n) is 20.6. The van der Waals surface area contributed by atoms with Gasteiger partial charge in [0.2, 0.25) is 5.91 Å². The van der Waals surface area contributed by atoms with Crippen molar-refractivity contribution in [3.8, 4) is 6.07 Å². The van der Waals surface area contributed by atoms with Crippen LogP contribution in [0.2, 0.25) is 0 Å². The number of carbonyl (C=O) groups excluding carboxylic acids is 1. The van der Waals surface area contributed by atoms with Crippen molar-refractivity contribution in [3.05, 3.63) is 63.7 Å². The molecule has 4 rings (SSSR count). The first-order valence-corrected chi connectivity index (χ1v) is 12.4. The van der Waals surface area contributed by atoms with E-state index in [2.05, 4.69) is 5.32 Å². The van der Waals surface area contributed by atoms with E-state index >= 15 is 0 Å². The number of nitriles is 1. The van der Waals surface area contributed by atoms with E-state index in [9.17, 15) is 33.3 Å². The molecule has 0 radical (unpaired) electrons. The number of anilines is 2. The Hall–Kier alpha value is -3.85. The lowest BCUT2D eigenvalue weighted by molar-refractivity contribution is -0.384. The minimum Gasteiger partial charge on any atom is -0.381 e. The number of nitro groups is 1. The fourth-order valence-corrected chi connectivity index (χ4v) is 4.81. The predicted octanol–water partition coefficient (Wildman–Crippen LogP) is 4.57. The number of nitrogens with one attached hydrogen (secondary N) is 1. The van der Waals surface area contributed by atoms with Gasteiger partial charge in [-0.3, -0.25) is 14.9 Å². The Morgan fingerprint density at radius 1 is 1.08 bits per heavy atom. The average molecular weight is 532 g/mol. The van der Waals surface area contributed by atoms with Crippen molar-refractivity contribution in [2.75, 3.05) is 43.0 Å². The van der Waals surface area contributed by atoms with Crippen molar-refractivity contribution < 1.29 is 27.6 Å². The summed E-state index contributed by atoms with van der Waals surface area (Å²) in [6, 6.07) is 11.3. The van der Waals surface area contributed by atoms with Crippen molar-refractivity contribution in [3.63, 3.8) is 0 Å². The number of nitrogens with zero attached hydrogens (tertiary/aromatic N) is 4. The average Bonchev–Trinajstić information content (AvgIpc) is 2.92. The summed E-state index contributed by atoms with van der Waals surface area (Å²) in [6.07, 6.45) is -1.41. The molecule has 1 amide bonds. The molecular formula is C26H28F3N5O4. The molecule has 0 atom stereocenters. The normalized spacial score (nSPS) is 20.1. The molecule has 1 heterocycles. The Morgan fingerprint density at radius 2 is 1.74 bits per heavy atom. The Morgan fingerprint density at radius 3 is 2.32 bits per heavy atom. The van der Waals surface area contributed by atoms with Crippen LogP contribution in [-0.2, 0) is 15.7 Å². The summed E-state index contributed by atoms with van der Waals surface area (Å²) >= 11 is 0. The maximum absolute atomic E-state index is 12.8. The van der Waals surface area contributed by atoms with Gasteiger partial charge >= 0.3 is 6.18 Å². The summed E-state index contributed by atoms with van der Waals surface area (Å²) in [5.74, 6) is -0.109. The quantitative estimate of drug-likeness (QED) is 0.411. The van der Waals surface area contributed by atoms with Gasteiger partial charge in [0.15, 0.2) is 0 Å². The number of non-ortho nitro benzene ring substituents is 1. The smallest absolute Gasteiger partial charge is 0.381 e. The molecule has 2 aromatic carbocycles. The largest absolute Gasteiger partial charge is 0.416 e. The molecule has 9 nitrogen and oxygen atoms in total. The van der Waals surface area contributed by atoms with Crippen LogP contribution in [0.4, 0.5) is 30.2 Å². The molecule has 202 valence electrons. The van der Waals surface area contributed by atoms with Crippen LogP contribution in [0.1, 0.15) is 36.8 Å². The molecule has 0 aromatic heterocycles. The number of hydrogen-bond donors (Lipinski definition) is 1. The molecule has 0 bridgehead atoms. The fourth-order valence-electron chi connectivity index (χ4n) is 4.81. The van der Waals surface area contributed by atoms with Gasteiger partial charge in [-0.05, 0) is 56.0 Å². The Balaban J connectivity index is 1.18. The molecule has 1 saturated heterocycles. The van der Waals surface area contributed by atoms with Gasteiger partial charge in [0, 0.05) is 50.0 Å².